The second kappa shape index (κ2) is 8.76. The van der Waals surface area contributed by atoms with E-state index < -0.39 is 0 Å². The molecule has 3 aromatic rings. The number of thiazole rings is 1. The molecule has 0 radical (unpaired) electrons. The molecule has 1 saturated heterocycles. The number of fused-ring (bicyclic) bond motifs is 1. The molecule has 1 fully saturated rings. The lowest BCUT2D eigenvalue weighted by Crippen LogP contribution is -2.49. The summed E-state index contributed by atoms with van der Waals surface area (Å²) in [6.07, 6.45) is 0.483. The number of rotatable bonds is 5. The lowest BCUT2D eigenvalue weighted by molar-refractivity contribution is -0.130. The number of piperazine rings is 1. The van der Waals surface area contributed by atoms with Crippen molar-refractivity contribution in [1.82, 2.24) is 9.88 Å². The van der Waals surface area contributed by atoms with Crippen LogP contribution in [0.2, 0.25) is 0 Å². The predicted octanol–water partition coefficient (Wildman–Crippen LogP) is 4.92. The molecule has 2 aromatic carbocycles. The number of anilines is 1. The predicted molar refractivity (Wildman–Crippen MR) is 124 cm³/mol. The summed E-state index contributed by atoms with van der Waals surface area (Å²) >= 11 is 3.59. The number of nitrogens with zero attached hydrogens (tertiary/aromatic N) is 3. The van der Waals surface area contributed by atoms with Gasteiger partial charge in [-0.15, -0.1) is 11.8 Å². The molecule has 0 N–H and O–H groups in total. The zero-order valence-corrected chi connectivity index (χ0v) is 18.9. The van der Waals surface area contributed by atoms with Crippen LogP contribution in [0.1, 0.15) is 23.6 Å². The fourth-order valence-electron chi connectivity index (χ4n) is 3.80. The normalized spacial score (nSPS) is 14.6. The third-order valence-electron chi connectivity index (χ3n) is 5.31. The first-order valence-electron chi connectivity index (χ1n) is 10.2. The molecule has 0 spiro atoms. The van der Waals surface area contributed by atoms with Crippen LogP contribution in [0.5, 0.6) is 0 Å². The Bertz CT molecular complexity index is 1000. The Balaban J connectivity index is 1.36. The summed E-state index contributed by atoms with van der Waals surface area (Å²) in [5, 5.41) is 1.07. The average molecular weight is 426 g/mol. The van der Waals surface area contributed by atoms with Crippen molar-refractivity contribution >= 4 is 44.4 Å². The highest BCUT2D eigenvalue weighted by atomic mass is 32.2. The van der Waals surface area contributed by atoms with E-state index in [0.29, 0.717) is 6.42 Å². The third-order valence-corrected chi connectivity index (χ3v) is 7.27. The molecule has 4 rings (SSSR count). The van der Waals surface area contributed by atoms with Crippen LogP contribution in [-0.4, -0.2) is 47.7 Å². The van der Waals surface area contributed by atoms with E-state index in [1.807, 2.05) is 16.7 Å². The van der Waals surface area contributed by atoms with Crippen molar-refractivity contribution < 1.29 is 4.79 Å². The Labute approximate surface area is 180 Å². The highest BCUT2D eigenvalue weighted by Crippen LogP contribution is 2.32. The Morgan fingerprint density at radius 2 is 1.83 bits per heavy atom. The molecule has 0 aliphatic carbocycles. The highest BCUT2D eigenvalue weighted by Gasteiger charge is 2.23. The van der Waals surface area contributed by atoms with Crippen molar-refractivity contribution in [1.29, 1.82) is 0 Å². The Morgan fingerprint density at radius 3 is 2.52 bits per heavy atom. The van der Waals surface area contributed by atoms with Crippen molar-refractivity contribution in [3.05, 3.63) is 53.1 Å². The number of hydrogen-bond acceptors (Lipinski definition) is 5. The van der Waals surface area contributed by atoms with E-state index in [2.05, 4.69) is 62.1 Å². The molecule has 1 amide bonds. The number of thioether (sulfide) groups is 1. The van der Waals surface area contributed by atoms with Crippen LogP contribution in [0.4, 0.5) is 5.13 Å². The summed E-state index contributed by atoms with van der Waals surface area (Å²) in [5.41, 5.74) is 4.72. The topological polar surface area (TPSA) is 36.4 Å². The van der Waals surface area contributed by atoms with Gasteiger partial charge in [-0.3, -0.25) is 4.79 Å². The number of aryl methyl sites for hydroxylation is 2. The number of aromatic nitrogens is 1. The number of carbonyl (C=O) groups is 1. The van der Waals surface area contributed by atoms with Crippen LogP contribution in [0.15, 0.2) is 41.3 Å². The molecule has 0 saturated carbocycles. The number of benzene rings is 2. The van der Waals surface area contributed by atoms with Gasteiger partial charge in [0.1, 0.15) is 0 Å². The Kier molecular flexibility index (Phi) is 6.11. The molecular weight excluding hydrogens is 398 g/mol. The van der Waals surface area contributed by atoms with Crippen molar-refractivity contribution in [3.8, 4) is 0 Å². The first kappa shape index (κ1) is 20.2. The van der Waals surface area contributed by atoms with E-state index in [1.165, 1.54) is 20.7 Å². The summed E-state index contributed by atoms with van der Waals surface area (Å²) in [6, 6.07) is 12.8. The molecule has 0 atom stereocenters. The third kappa shape index (κ3) is 4.59. The van der Waals surface area contributed by atoms with Gasteiger partial charge in [-0.05, 0) is 54.5 Å². The molecule has 0 unspecified atom stereocenters. The standard InChI is InChI=1S/C23H27N3OS2/c1-4-28-19-7-5-18(6-8-19)15-21(27)25-9-11-26(12-10-25)23-24-22-17(3)13-16(2)14-20(22)29-23/h5-8,13-14H,4,9-12,15H2,1-3H3. The summed E-state index contributed by atoms with van der Waals surface area (Å²) in [5.74, 6) is 1.28. The maximum Gasteiger partial charge on any atom is 0.227 e. The minimum absolute atomic E-state index is 0.219. The van der Waals surface area contributed by atoms with Crippen molar-refractivity contribution in [3.63, 3.8) is 0 Å². The second-order valence-corrected chi connectivity index (χ2v) is 9.89. The second-order valence-electron chi connectivity index (χ2n) is 7.55. The van der Waals surface area contributed by atoms with Crippen molar-refractivity contribution in [2.75, 3.05) is 36.8 Å². The highest BCUT2D eigenvalue weighted by molar-refractivity contribution is 7.99. The fraction of sp³-hybridized carbons (Fsp3) is 0.391. The van der Waals surface area contributed by atoms with Gasteiger partial charge in [0.15, 0.2) is 5.13 Å². The van der Waals surface area contributed by atoms with Gasteiger partial charge in [0, 0.05) is 31.1 Å². The van der Waals surface area contributed by atoms with Crippen LogP contribution < -0.4 is 4.90 Å². The summed E-state index contributed by atoms with van der Waals surface area (Å²) < 4.78 is 1.25. The molecule has 29 heavy (non-hydrogen) atoms. The maximum absolute atomic E-state index is 12.7. The summed E-state index contributed by atoms with van der Waals surface area (Å²) in [7, 11) is 0. The lowest BCUT2D eigenvalue weighted by Gasteiger charge is -2.34. The summed E-state index contributed by atoms with van der Waals surface area (Å²) in [6.45, 7) is 9.62. The zero-order chi connectivity index (χ0) is 20.4. The van der Waals surface area contributed by atoms with Crippen molar-refractivity contribution in [2.45, 2.75) is 32.1 Å². The van der Waals surface area contributed by atoms with Gasteiger partial charge in [-0.2, -0.15) is 0 Å². The monoisotopic (exact) mass is 425 g/mol. The molecule has 2 heterocycles. The van der Waals surface area contributed by atoms with Crippen LogP contribution in [-0.2, 0) is 11.2 Å². The number of amides is 1. The number of carbonyl (C=O) groups excluding carboxylic acids is 1. The quantitative estimate of drug-likeness (QED) is 0.544. The minimum atomic E-state index is 0.219. The van der Waals surface area contributed by atoms with Gasteiger partial charge < -0.3 is 9.80 Å². The van der Waals surface area contributed by atoms with E-state index in [4.69, 9.17) is 4.98 Å². The Morgan fingerprint density at radius 1 is 1.10 bits per heavy atom. The van der Waals surface area contributed by atoms with Crippen LogP contribution in [0, 0.1) is 13.8 Å². The first-order chi connectivity index (χ1) is 14.0. The molecule has 4 nitrogen and oxygen atoms in total. The first-order valence-corrected chi connectivity index (χ1v) is 12.0. The largest absolute Gasteiger partial charge is 0.345 e. The fourth-order valence-corrected chi connectivity index (χ4v) is 5.65. The van der Waals surface area contributed by atoms with E-state index in [1.54, 1.807) is 11.3 Å². The van der Waals surface area contributed by atoms with Gasteiger partial charge in [0.05, 0.1) is 16.6 Å². The number of hydrogen-bond donors (Lipinski definition) is 0. The van der Waals surface area contributed by atoms with Crippen LogP contribution in [0.25, 0.3) is 10.2 Å². The van der Waals surface area contributed by atoms with Crippen molar-refractivity contribution in [2.24, 2.45) is 0 Å². The molecule has 6 heteroatoms. The van der Waals surface area contributed by atoms with Gasteiger partial charge >= 0.3 is 0 Å². The SMILES string of the molecule is CCSc1ccc(CC(=O)N2CCN(c3nc4c(C)cc(C)cc4s3)CC2)cc1. The Hall–Kier alpha value is -2.05. The molecule has 0 bridgehead atoms. The van der Waals surface area contributed by atoms with Gasteiger partial charge in [-0.25, -0.2) is 4.98 Å². The minimum Gasteiger partial charge on any atom is -0.345 e. The van der Waals surface area contributed by atoms with Gasteiger partial charge in [-0.1, -0.05) is 36.5 Å². The van der Waals surface area contributed by atoms with Gasteiger partial charge in [0.2, 0.25) is 5.91 Å². The van der Waals surface area contributed by atoms with E-state index in [9.17, 15) is 4.79 Å². The van der Waals surface area contributed by atoms with E-state index in [-0.39, 0.29) is 5.91 Å². The molecule has 1 aliphatic heterocycles. The molecule has 1 aliphatic rings. The van der Waals surface area contributed by atoms with Gasteiger partial charge in [0.25, 0.3) is 0 Å². The maximum atomic E-state index is 12.7. The van der Waals surface area contributed by atoms with E-state index in [0.717, 1.165) is 48.1 Å². The average Bonchev–Trinajstić information content (AvgIpc) is 3.14. The van der Waals surface area contributed by atoms with Crippen LogP contribution >= 0.6 is 23.1 Å². The van der Waals surface area contributed by atoms with E-state index >= 15 is 0 Å². The molecule has 152 valence electrons. The molecule has 1 aromatic heterocycles. The lowest BCUT2D eigenvalue weighted by atomic mass is 10.1. The summed E-state index contributed by atoms with van der Waals surface area (Å²) in [4.78, 5) is 23.2. The van der Waals surface area contributed by atoms with Crippen LogP contribution in [0.3, 0.4) is 0 Å². The zero-order valence-electron chi connectivity index (χ0n) is 17.3. The smallest absolute Gasteiger partial charge is 0.227 e. The molecular formula is C23H27N3OS2.